The number of morpholine rings is 1. The maximum absolute atomic E-state index is 11.8. The zero-order valence-corrected chi connectivity index (χ0v) is 17.6. The van der Waals surface area contributed by atoms with Crippen molar-refractivity contribution in [1.29, 1.82) is 0 Å². The molecular formula is C22H21NO4S2. The first kappa shape index (κ1) is 19.8. The van der Waals surface area contributed by atoms with E-state index in [9.17, 15) is 13.2 Å². The molecule has 4 rings (SSSR count). The van der Waals surface area contributed by atoms with Gasteiger partial charge in [0.15, 0.2) is 16.1 Å². The van der Waals surface area contributed by atoms with Crippen LogP contribution in [0.5, 0.6) is 0 Å². The van der Waals surface area contributed by atoms with Crippen molar-refractivity contribution < 1.29 is 17.9 Å². The predicted molar refractivity (Wildman–Crippen MR) is 117 cm³/mol. The van der Waals surface area contributed by atoms with Gasteiger partial charge in [-0.15, -0.1) is 11.3 Å². The molecule has 0 unspecified atom stereocenters. The Hall–Kier alpha value is -2.48. The molecule has 0 N–H and O–H groups in total. The van der Waals surface area contributed by atoms with Crippen molar-refractivity contribution in [2.75, 3.05) is 37.5 Å². The first-order valence-electron chi connectivity index (χ1n) is 9.29. The molecule has 5 nitrogen and oxygen atoms in total. The van der Waals surface area contributed by atoms with E-state index in [4.69, 9.17) is 4.74 Å². The van der Waals surface area contributed by atoms with Crippen LogP contribution in [0.3, 0.4) is 0 Å². The number of benzene rings is 2. The van der Waals surface area contributed by atoms with Gasteiger partial charge < -0.3 is 9.64 Å². The van der Waals surface area contributed by atoms with E-state index in [2.05, 4.69) is 11.0 Å². The van der Waals surface area contributed by atoms with Crippen molar-refractivity contribution in [2.45, 2.75) is 4.90 Å². The molecule has 0 aliphatic carbocycles. The van der Waals surface area contributed by atoms with Crippen LogP contribution in [0.25, 0.3) is 21.6 Å². The number of ether oxygens (including phenoxy) is 1. The number of nitrogens with zero attached hydrogens (tertiary/aromatic N) is 1. The molecule has 3 aromatic rings. The third-order valence-corrected chi connectivity index (χ3v) is 7.32. The lowest BCUT2D eigenvalue weighted by Crippen LogP contribution is -2.35. The van der Waals surface area contributed by atoms with Crippen LogP contribution >= 0.6 is 11.3 Å². The van der Waals surface area contributed by atoms with Crippen LogP contribution in [0, 0.1) is 0 Å². The lowest BCUT2D eigenvalue weighted by atomic mass is 10.0. The second-order valence-electron chi connectivity index (χ2n) is 6.93. The van der Waals surface area contributed by atoms with Crippen LogP contribution in [0.4, 0.5) is 5.00 Å². The number of rotatable bonds is 5. The molecule has 0 amide bonds. The monoisotopic (exact) mass is 427 g/mol. The number of hydrogen-bond donors (Lipinski definition) is 0. The lowest BCUT2D eigenvalue weighted by molar-refractivity contribution is 0.112. The summed E-state index contributed by atoms with van der Waals surface area (Å²) in [5, 5.41) is 1.11. The highest BCUT2D eigenvalue weighted by Gasteiger charge is 2.21. The number of hydrogen-bond acceptors (Lipinski definition) is 6. The number of aldehydes is 1. The Morgan fingerprint density at radius 1 is 1.00 bits per heavy atom. The third-order valence-electron chi connectivity index (χ3n) is 4.96. The molecule has 1 saturated heterocycles. The molecule has 0 atom stereocenters. The van der Waals surface area contributed by atoms with E-state index in [1.165, 1.54) is 6.26 Å². The lowest BCUT2D eigenvalue weighted by Gasteiger charge is -2.28. The Bertz CT molecular complexity index is 1130. The number of thiophene rings is 1. The van der Waals surface area contributed by atoms with Crippen molar-refractivity contribution in [3.63, 3.8) is 0 Å². The van der Waals surface area contributed by atoms with Crippen molar-refractivity contribution in [3.05, 3.63) is 60.2 Å². The van der Waals surface area contributed by atoms with Crippen molar-refractivity contribution in [2.24, 2.45) is 0 Å². The van der Waals surface area contributed by atoms with Crippen molar-refractivity contribution >= 4 is 32.5 Å². The molecule has 1 fully saturated rings. The summed E-state index contributed by atoms with van der Waals surface area (Å²) in [5.41, 5.74) is 3.54. The Kier molecular flexibility index (Phi) is 5.54. The average molecular weight is 428 g/mol. The van der Waals surface area contributed by atoms with Crippen LogP contribution in [0.2, 0.25) is 0 Å². The number of carbonyl (C=O) groups is 1. The quantitative estimate of drug-likeness (QED) is 0.573. The van der Waals surface area contributed by atoms with Gasteiger partial charge in [-0.05, 0) is 23.8 Å². The molecule has 150 valence electrons. The van der Waals surface area contributed by atoms with E-state index in [0.29, 0.717) is 23.7 Å². The normalized spacial score (nSPS) is 14.7. The minimum atomic E-state index is -3.24. The highest BCUT2D eigenvalue weighted by molar-refractivity contribution is 7.90. The summed E-state index contributed by atoms with van der Waals surface area (Å²) in [6, 6.07) is 16.6. The summed E-state index contributed by atoms with van der Waals surface area (Å²) < 4.78 is 29.1. The van der Waals surface area contributed by atoms with Gasteiger partial charge in [-0.25, -0.2) is 8.42 Å². The molecule has 2 heterocycles. The van der Waals surface area contributed by atoms with E-state index >= 15 is 0 Å². The summed E-state index contributed by atoms with van der Waals surface area (Å²) in [7, 11) is -3.24. The predicted octanol–water partition coefficient (Wildman–Crippen LogP) is 4.13. The zero-order chi connectivity index (χ0) is 20.4. The van der Waals surface area contributed by atoms with Gasteiger partial charge >= 0.3 is 0 Å². The first-order chi connectivity index (χ1) is 14.0. The topological polar surface area (TPSA) is 63.7 Å². The summed E-state index contributed by atoms with van der Waals surface area (Å²) in [6.07, 6.45) is 2.09. The Balaban J connectivity index is 1.83. The van der Waals surface area contributed by atoms with Crippen LogP contribution in [-0.2, 0) is 14.6 Å². The number of carbonyl (C=O) groups excluding carboxylic acids is 1. The molecule has 0 radical (unpaired) electrons. The second kappa shape index (κ2) is 8.10. The van der Waals surface area contributed by atoms with E-state index in [-0.39, 0.29) is 0 Å². The summed E-state index contributed by atoms with van der Waals surface area (Å²) >= 11 is 1.65. The zero-order valence-electron chi connectivity index (χ0n) is 16.0. The fraction of sp³-hybridized carbons (Fsp3) is 0.227. The van der Waals surface area contributed by atoms with Crippen LogP contribution in [-0.4, -0.2) is 47.3 Å². The van der Waals surface area contributed by atoms with Crippen LogP contribution in [0.1, 0.15) is 10.4 Å². The maximum Gasteiger partial charge on any atom is 0.175 e. The fourth-order valence-electron chi connectivity index (χ4n) is 3.43. The molecule has 1 aliphatic rings. The highest BCUT2D eigenvalue weighted by atomic mass is 32.2. The van der Waals surface area contributed by atoms with E-state index < -0.39 is 9.84 Å². The molecule has 1 aliphatic heterocycles. The van der Waals surface area contributed by atoms with E-state index in [0.717, 1.165) is 45.9 Å². The summed E-state index contributed by atoms with van der Waals surface area (Å²) in [4.78, 5) is 15.1. The molecule has 2 aromatic carbocycles. The van der Waals surface area contributed by atoms with Crippen molar-refractivity contribution in [3.8, 4) is 21.6 Å². The minimum Gasteiger partial charge on any atom is -0.378 e. The SMILES string of the molecule is CS(=O)(=O)c1ccc(-c2cc(-c3ccccc3C=O)sc2N2CCOCC2)cc1. The maximum atomic E-state index is 11.8. The van der Waals surface area contributed by atoms with Gasteiger partial charge in [0.1, 0.15) is 0 Å². The van der Waals surface area contributed by atoms with Crippen LogP contribution in [0.15, 0.2) is 59.5 Å². The second-order valence-corrected chi connectivity index (χ2v) is 9.98. The van der Waals surface area contributed by atoms with Gasteiger partial charge in [0.05, 0.1) is 23.1 Å². The van der Waals surface area contributed by atoms with E-state index in [1.54, 1.807) is 23.5 Å². The van der Waals surface area contributed by atoms with Crippen LogP contribution < -0.4 is 4.90 Å². The molecule has 0 bridgehead atoms. The number of anilines is 1. The van der Waals surface area contributed by atoms with Gasteiger partial charge in [-0.1, -0.05) is 36.4 Å². The Morgan fingerprint density at radius 2 is 1.69 bits per heavy atom. The van der Waals surface area contributed by atoms with Gasteiger partial charge in [0.2, 0.25) is 0 Å². The fourth-order valence-corrected chi connectivity index (χ4v) is 5.34. The Morgan fingerprint density at radius 3 is 2.34 bits per heavy atom. The molecule has 0 saturated carbocycles. The number of sulfone groups is 1. The molecule has 7 heteroatoms. The first-order valence-corrected chi connectivity index (χ1v) is 12.0. The molecule has 1 aromatic heterocycles. The average Bonchev–Trinajstić information content (AvgIpc) is 3.19. The van der Waals surface area contributed by atoms with Gasteiger partial charge in [0, 0.05) is 40.9 Å². The summed E-state index contributed by atoms with van der Waals surface area (Å²) in [5.74, 6) is 0. The van der Waals surface area contributed by atoms with Gasteiger partial charge in [-0.2, -0.15) is 0 Å². The smallest absolute Gasteiger partial charge is 0.175 e. The third kappa shape index (κ3) is 4.12. The summed E-state index contributed by atoms with van der Waals surface area (Å²) in [6.45, 7) is 2.93. The van der Waals surface area contributed by atoms with Crippen molar-refractivity contribution in [1.82, 2.24) is 0 Å². The van der Waals surface area contributed by atoms with Gasteiger partial charge in [0.25, 0.3) is 0 Å². The molecular weight excluding hydrogens is 406 g/mol. The molecule has 0 spiro atoms. The standard InChI is InChI=1S/C22H21NO4S2/c1-29(25,26)18-8-6-16(7-9-18)20-14-21(19-5-3-2-4-17(19)15-24)28-22(20)23-10-12-27-13-11-23/h2-9,14-15H,10-13H2,1H3. The highest BCUT2D eigenvalue weighted by Crippen LogP contribution is 2.44. The molecule has 29 heavy (non-hydrogen) atoms. The minimum absolute atomic E-state index is 0.302. The Labute approximate surface area is 174 Å². The van der Waals surface area contributed by atoms with Gasteiger partial charge in [-0.3, -0.25) is 4.79 Å². The largest absolute Gasteiger partial charge is 0.378 e. The van der Waals surface area contributed by atoms with E-state index in [1.807, 2.05) is 36.4 Å².